The highest BCUT2D eigenvalue weighted by atomic mass is 32.2. The monoisotopic (exact) mass is 305 g/mol. The summed E-state index contributed by atoms with van der Waals surface area (Å²) in [7, 11) is 1.55. The average molecular weight is 305 g/mol. The Morgan fingerprint density at radius 3 is 2.43 bits per heavy atom. The van der Waals surface area contributed by atoms with Crippen LogP contribution in [-0.4, -0.2) is 23.1 Å². The number of ether oxygens (including phenoxy) is 1. The number of carboxylic acids is 1. The zero-order valence-electron chi connectivity index (χ0n) is 11.0. The molecule has 0 bridgehead atoms. The van der Waals surface area contributed by atoms with Gasteiger partial charge in [-0.3, -0.25) is 10.1 Å². The number of hydrogen-bond acceptors (Lipinski definition) is 5. The van der Waals surface area contributed by atoms with E-state index in [0.29, 0.717) is 10.6 Å². The van der Waals surface area contributed by atoms with Crippen LogP contribution >= 0.6 is 11.8 Å². The lowest BCUT2D eigenvalue weighted by Crippen LogP contribution is -1.99. The fraction of sp³-hybridized carbons (Fsp3) is 0.0714. The average Bonchev–Trinajstić information content (AvgIpc) is 2.48. The lowest BCUT2D eigenvalue weighted by atomic mass is 10.2. The van der Waals surface area contributed by atoms with E-state index in [0.717, 1.165) is 11.0 Å². The van der Waals surface area contributed by atoms with Crippen LogP contribution in [0, 0.1) is 10.1 Å². The molecule has 6 nitrogen and oxygen atoms in total. The minimum atomic E-state index is -1.20. The van der Waals surface area contributed by atoms with E-state index in [9.17, 15) is 14.9 Å². The molecule has 7 heteroatoms. The summed E-state index contributed by atoms with van der Waals surface area (Å²) >= 11 is 1.19. The molecule has 0 aliphatic carbocycles. The van der Waals surface area contributed by atoms with Crippen molar-refractivity contribution in [1.29, 1.82) is 0 Å². The van der Waals surface area contributed by atoms with Crippen LogP contribution in [-0.2, 0) is 0 Å². The normalized spacial score (nSPS) is 10.1. The molecule has 0 saturated heterocycles. The number of benzene rings is 2. The Balaban J connectivity index is 2.34. The van der Waals surface area contributed by atoms with Crippen LogP contribution < -0.4 is 4.74 Å². The fourth-order valence-electron chi connectivity index (χ4n) is 1.65. The van der Waals surface area contributed by atoms with E-state index in [4.69, 9.17) is 9.84 Å². The van der Waals surface area contributed by atoms with Gasteiger partial charge in [-0.05, 0) is 36.4 Å². The maximum absolute atomic E-state index is 11.1. The Hall–Kier alpha value is -2.54. The smallest absolute Gasteiger partial charge is 0.335 e. The molecule has 0 heterocycles. The second-order valence-corrected chi connectivity index (χ2v) is 5.14. The molecule has 21 heavy (non-hydrogen) atoms. The van der Waals surface area contributed by atoms with Gasteiger partial charge < -0.3 is 9.84 Å². The van der Waals surface area contributed by atoms with Gasteiger partial charge in [0.25, 0.3) is 5.69 Å². The molecule has 2 aromatic carbocycles. The van der Waals surface area contributed by atoms with Crippen molar-refractivity contribution in [3.63, 3.8) is 0 Å². The first-order chi connectivity index (χ1) is 10.0. The second-order valence-electron chi connectivity index (χ2n) is 4.02. The fourth-order valence-corrected chi connectivity index (χ4v) is 2.55. The quantitative estimate of drug-likeness (QED) is 0.672. The third-order valence-corrected chi connectivity index (χ3v) is 3.76. The molecular weight excluding hydrogens is 294 g/mol. The first-order valence-corrected chi connectivity index (χ1v) is 6.66. The molecular formula is C14H11NO5S. The van der Waals surface area contributed by atoms with Crippen molar-refractivity contribution in [2.75, 3.05) is 7.11 Å². The van der Waals surface area contributed by atoms with Crippen LogP contribution in [0.25, 0.3) is 0 Å². The molecule has 0 aliphatic rings. The maximum Gasteiger partial charge on any atom is 0.335 e. The Morgan fingerprint density at radius 2 is 1.90 bits per heavy atom. The molecule has 2 aromatic rings. The number of hydrogen-bond donors (Lipinski definition) is 1. The van der Waals surface area contributed by atoms with E-state index in [2.05, 4.69) is 0 Å². The molecule has 0 atom stereocenters. The summed E-state index contributed by atoms with van der Waals surface area (Å²) < 4.78 is 5.04. The van der Waals surface area contributed by atoms with E-state index in [1.165, 1.54) is 23.9 Å². The third kappa shape index (κ3) is 3.51. The Labute approximate surface area is 124 Å². The van der Waals surface area contributed by atoms with Gasteiger partial charge in [0, 0.05) is 11.0 Å². The Kier molecular flexibility index (Phi) is 4.44. The molecule has 0 amide bonds. The topological polar surface area (TPSA) is 89.7 Å². The molecule has 0 saturated carbocycles. The molecule has 0 fully saturated rings. The Bertz CT molecular complexity index is 684. The van der Waals surface area contributed by atoms with Gasteiger partial charge in [0.1, 0.15) is 5.75 Å². The van der Waals surface area contributed by atoms with Gasteiger partial charge in [0.2, 0.25) is 0 Å². The zero-order chi connectivity index (χ0) is 15.4. The third-order valence-electron chi connectivity index (χ3n) is 2.69. The van der Waals surface area contributed by atoms with Gasteiger partial charge in [-0.15, -0.1) is 0 Å². The lowest BCUT2D eigenvalue weighted by molar-refractivity contribution is -0.387. The molecule has 0 aliphatic heterocycles. The summed E-state index contributed by atoms with van der Waals surface area (Å²) in [5, 5.41) is 20.0. The van der Waals surface area contributed by atoms with Gasteiger partial charge in [0.05, 0.1) is 22.5 Å². The van der Waals surface area contributed by atoms with Crippen LogP contribution in [0.3, 0.4) is 0 Å². The predicted molar refractivity (Wildman–Crippen MR) is 77.2 cm³/mol. The maximum atomic E-state index is 11.1. The highest BCUT2D eigenvalue weighted by Gasteiger charge is 2.18. The summed E-state index contributed by atoms with van der Waals surface area (Å²) in [6.45, 7) is 0. The van der Waals surface area contributed by atoms with Crippen molar-refractivity contribution in [2.45, 2.75) is 9.79 Å². The van der Waals surface area contributed by atoms with Crippen LogP contribution in [0.5, 0.6) is 5.75 Å². The summed E-state index contributed by atoms with van der Waals surface area (Å²) in [6.07, 6.45) is 0. The molecule has 2 rings (SSSR count). The zero-order valence-corrected chi connectivity index (χ0v) is 11.8. The van der Waals surface area contributed by atoms with Gasteiger partial charge >= 0.3 is 5.97 Å². The van der Waals surface area contributed by atoms with Gasteiger partial charge in [0.15, 0.2) is 0 Å². The summed E-state index contributed by atoms with van der Waals surface area (Å²) in [4.78, 5) is 22.5. The van der Waals surface area contributed by atoms with E-state index < -0.39 is 10.9 Å². The summed E-state index contributed by atoms with van der Waals surface area (Å²) in [6, 6.07) is 10.9. The van der Waals surface area contributed by atoms with E-state index >= 15 is 0 Å². The van der Waals surface area contributed by atoms with Crippen LogP contribution in [0.1, 0.15) is 10.4 Å². The number of carbonyl (C=O) groups is 1. The molecule has 0 radical (unpaired) electrons. The van der Waals surface area contributed by atoms with Crippen molar-refractivity contribution in [1.82, 2.24) is 0 Å². The number of rotatable bonds is 5. The van der Waals surface area contributed by atoms with Crippen molar-refractivity contribution in [3.05, 3.63) is 58.1 Å². The molecule has 0 aromatic heterocycles. The van der Waals surface area contributed by atoms with Crippen molar-refractivity contribution in [2.24, 2.45) is 0 Å². The predicted octanol–water partition coefficient (Wildman–Crippen LogP) is 3.45. The molecule has 0 unspecified atom stereocenters. The van der Waals surface area contributed by atoms with Gasteiger partial charge in [-0.1, -0.05) is 11.8 Å². The largest absolute Gasteiger partial charge is 0.497 e. The van der Waals surface area contributed by atoms with Gasteiger partial charge in [-0.2, -0.15) is 0 Å². The number of nitro benzene ring substituents is 1. The van der Waals surface area contributed by atoms with Crippen LogP contribution in [0.2, 0.25) is 0 Å². The van der Waals surface area contributed by atoms with E-state index in [1.807, 2.05) is 0 Å². The standard InChI is InChI=1S/C14H11NO5S/c1-20-10-3-5-11(6-4-10)21-13-7-2-9(14(16)17)8-12(13)15(18)19/h2-8H,1H3,(H,16,17). The summed E-state index contributed by atoms with van der Waals surface area (Å²) in [5.41, 5.74) is -0.337. The number of nitro groups is 1. The highest BCUT2D eigenvalue weighted by Crippen LogP contribution is 2.35. The van der Waals surface area contributed by atoms with Crippen molar-refractivity contribution < 1.29 is 19.6 Å². The molecule has 108 valence electrons. The summed E-state index contributed by atoms with van der Waals surface area (Å²) in [5.74, 6) is -0.505. The number of nitrogens with zero attached hydrogens (tertiary/aromatic N) is 1. The number of methoxy groups -OCH3 is 1. The minimum Gasteiger partial charge on any atom is -0.497 e. The first kappa shape index (κ1) is 14.9. The molecule has 1 N–H and O–H groups in total. The van der Waals surface area contributed by atoms with Crippen molar-refractivity contribution in [3.8, 4) is 5.75 Å². The lowest BCUT2D eigenvalue weighted by Gasteiger charge is -2.05. The van der Waals surface area contributed by atoms with Crippen LogP contribution in [0.15, 0.2) is 52.3 Å². The van der Waals surface area contributed by atoms with Crippen molar-refractivity contribution >= 4 is 23.4 Å². The first-order valence-electron chi connectivity index (χ1n) is 5.85. The number of aromatic carboxylic acids is 1. The SMILES string of the molecule is COc1ccc(Sc2ccc(C(=O)O)cc2[N+](=O)[O-])cc1. The molecule has 0 spiro atoms. The van der Waals surface area contributed by atoms with E-state index in [1.54, 1.807) is 31.4 Å². The van der Waals surface area contributed by atoms with Crippen LogP contribution in [0.4, 0.5) is 5.69 Å². The number of carboxylic acid groups (broad SMARTS) is 1. The Morgan fingerprint density at radius 1 is 1.24 bits per heavy atom. The van der Waals surface area contributed by atoms with E-state index in [-0.39, 0.29) is 11.3 Å². The minimum absolute atomic E-state index is 0.110. The second kappa shape index (κ2) is 6.27. The highest BCUT2D eigenvalue weighted by molar-refractivity contribution is 7.99. The van der Waals surface area contributed by atoms with Gasteiger partial charge in [-0.25, -0.2) is 4.79 Å².